The molecule has 0 N–H and O–H groups in total. The Hall–Kier alpha value is -1.33. The van der Waals surface area contributed by atoms with Gasteiger partial charge < -0.3 is 9.80 Å². The molecule has 150 valence electrons. The summed E-state index contributed by atoms with van der Waals surface area (Å²) in [6, 6.07) is 11.3. The lowest BCUT2D eigenvalue weighted by molar-refractivity contribution is 0.233. The molecule has 0 unspecified atom stereocenters. The van der Waals surface area contributed by atoms with Crippen molar-refractivity contribution in [1.82, 2.24) is 4.90 Å². The zero-order valence-electron chi connectivity index (χ0n) is 16.0. The lowest BCUT2D eigenvalue weighted by atomic mass is 10.1. The second kappa shape index (κ2) is 10.4. The van der Waals surface area contributed by atoms with E-state index in [-0.39, 0.29) is 0 Å². The molecule has 0 amide bonds. The van der Waals surface area contributed by atoms with Crippen LogP contribution in [0.1, 0.15) is 26.2 Å². The van der Waals surface area contributed by atoms with E-state index in [2.05, 4.69) is 39.1 Å². The van der Waals surface area contributed by atoms with Crippen LogP contribution in [0.15, 0.2) is 46.6 Å². The number of nitrogens with zero attached hydrogens (tertiary/aromatic N) is 4. The Labute approximate surface area is 182 Å². The Kier molecular flexibility index (Phi) is 7.98. The molecule has 4 nitrogen and oxygen atoms in total. The number of likely N-dealkylation sites (N-methyl/N-ethyl adjacent to an activating group) is 1. The standard InChI is InChI=1S/C21H25Cl3N4/c1-2-28(13-12-27-10-4-3-5-11-27)18-8-6-17(7-9-18)25-26-21-19(23)14-16(22)15-20(21)24/h6-9,14-15H,2-5,10-13H2,1H3. The van der Waals surface area contributed by atoms with Gasteiger partial charge in [-0.3, -0.25) is 0 Å². The number of azo groups is 1. The number of halogens is 3. The van der Waals surface area contributed by atoms with Crippen LogP contribution in [0.2, 0.25) is 15.1 Å². The van der Waals surface area contributed by atoms with Crippen molar-refractivity contribution in [2.45, 2.75) is 26.2 Å². The first-order valence-corrected chi connectivity index (χ1v) is 10.8. The van der Waals surface area contributed by atoms with Gasteiger partial charge in [-0.15, -0.1) is 5.11 Å². The third-order valence-corrected chi connectivity index (χ3v) is 5.77. The van der Waals surface area contributed by atoms with Gasteiger partial charge in [0.25, 0.3) is 0 Å². The third-order valence-electron chi connectivity index (χ3n) is 4.98. The quantitative estimate of drug-likeness (QED) is 0.421. The molecule has 0 spiro atoms. The van der Waals surface area contributed by atoms with E-state index in [1.54, 1.807) is 12.1 Å². The van der Waals surface area contributed by atoms with E-state index in [4.69, 9.17) is 34.8 Å². The van der Waals surface area contributed by atoms with Crippen LogP contribution in [-0.4, -0.2) is 37.6 Å². The monoisotopic (exact) mass is 438 g/mol. The largest absolute Gasteiger partial charge is 0.371 e. The Balaban J connectivity index is 1.63. The predicted octanol–water partition coefficient (Wildman–Crippen LogP) is 7.37. The van der Waals surface area contributed by atoms with Crippen molar-refractivity contribution < 1.29 is 0 Å². The molecule has 3 rings (SSSR count). The molecule has 1 aliphatic rings. The van der Waals surface area contributed by atoms with Gasteiger partial charge in [0.1, 0.15) is 5.69 Å². The highest BCUT2D eigenvalue weighted by Gasteiger charge is 2.12. The Morgan fingerprint density at radius 1 is 0.929 bits per heavy atom. The minimum atomic E-state index is 0.382. The fourth-order valence-corrected chi connectivity index (χ4v) is 4.28. The average Bonchev–Trinajstić information content (AvgIpc) is 2.69. The number of benzene rings is 2. The maximum Gasteiger partial charge on any atom is 0.123 e. The van der Waals surface area contributed by atoms with Crippen LogP contribution in [0.5, 0.6) is 0 Å². The van der Waals surface area contributed by atoms with E-state index >= 15 is 0 Å². The first-order chi connectivity index (χ1) is 13.6. The summed E-state index contributed by atoms with van der Waals surface area (Å²) in [5.41, 5.74) is 2.37. The minimum absolute atomic E-state index is 0.382. The molecule has 0 bridgehead atoms. The molecule has 0 radical (unpaired) electrons. The summed E-state index contributed by atoms with van der Waals surface area (Å²) in [5.74, 6) is 0. The Morgan fingerprint density at radius 2 is 1.57 bits per heavy atom. The molecule has 1 fully saturated rings. The summed E-state index contributed by atoms with van der Waals surface area (Å²) in [4.78, 5) is 4.96. The van der Waals surface area contributed by atoms with Gasteiger partial charge in [0.05, 0.1) is 15.7 Å². The summed E-state index contributed by atoms with van der Waals surface area (Å²) >= 11 is 18.2. The second-order valence-corrected chi connectivity index (χ2v) is 8.17. The van der Waals surface area contributed by atoms with Gasteiger partial charge in [0, 0.05) is 30.3 Å². The number of anilines is 1. The maximum absolute atomic E-state index is 6.15. The van der Waals surface area contributed by atoms with Crippen molar-refractivity contribution in [3.05, 3.63) is 51.5 Å². The SMILES string of the molecule is CCN(CCN1CCCCC1)c1ccc(N=Nc2c(Cl)cc(Cl)cc2Cl)cc1. The number of hydrogen-bond donors (Lipinski definition) is 0. The van der Waals surface area contributed by atoms with Gasteiger partial charge in [-0.05, 0) is 69.3 Å². The second-order valence-electron chi connectivity index (χ2n) is 6.92. The van der Waals surface area contributed by atoms with Crippen molar-refractivity contribution in [2.24, 2.45) is 10.2 Å². The molecular weight excluding hydrogens is 415 g/mol. The molecule has 0 atom stereocenters. The van der Waals surface area contributed by atoms with Crippen LogP contribution < -0.4 is 4.90 Å². The minimum Gasteiger partial charge on any atom is -0.371 e. The first-order valence-electron chi connectivity index (χ1n) is 9.70. The van der Waals surface area contributed by atoms with Gasteiger partial charge in [-0.25, -0.2) is 0 Å². The fraction of sp³-hybridized carbons (Fsp3) is 0.429. The van der Waals surface area contributed by atoms with E-state index in [1.165, 1.54) is 38.0 Å². The lowest BCUT2D eigenvalue weighted by Gasteiger charge is -2.30. The summed E-state index contributed by atoms with van der Waals surface area (Å²) in [7, 11) is 0. The zero-order valence-corrected chi connectivity index (χ0v) is 18.3. The molecule has 0 aromatic heterocycles. The number of hydrogen-bond acceptors (Lipinski definition) is 4. The molecule has 28 heavy (non-hydrogen) atoms. The van der Waals surface area contributed by atoms with Crippen molar-refractivity contribution in [2.75, 3.05) is 37.6 Å². The molecule has 1 heterocycles. The van der Waals surface area contributed by atoms with E-state index in [1.807, 2.05) is 12.1 Å². The number of piperidine rings is 1. The molecule has 1 aliphatic heterocycles. The molecule has 7 heteroatoms. The Bertz CT molecular complexity index is 779. The van der Waals surface area contributed by atoms with E-state index in [0.29, 0.717) is 20.8 Å². The van der Waals surface area contributed by atoms with Crippen molar-refractivity contribution in [1.29, 1.82) is 0 Å². The molecule has 0 saturated carbocycles. The fourth-order valence-electron chi connectivity index (χ4n) is 3.38. The molecule has 0 aliphatic carbocycles. The zero-order chi connectivity index (χ0) is 19.9. The molecule has 2 aromatic carbocycles. The Morgan fingerprint density at radius 3 is 2.18 bits per heavy atom. The maximum atomic E-state index is 6.15. The van der Waals surface area contributed by atoms with Crippen LogP contribution in [0, 0.1) is 0 Å². The summed E-state index contributed by atoms with van der Waals surface area (Å²) in [5, 5.41) is 9.69. The van der Waals surface area contributed by atoms with Crippen molar-refractivity contribution in [3.63, 3.8) is 0 Å². The predicted molar refractivity (Wildman–Crippen MR) is 120 cm³/mol. The summed E-state index contributed by atoms with van der Waals surface area (Å²) in [6.07, 6.45) is 4.03. The van der Waals surface area contributed by atoms with Gasteiger partial charge in [-0.1, -0.05) is 41.2 Å². The van der Waals surface area contributed by atoms with Crippen LogP contribution in [0.25, 0.3) is 0 Å². The van der Waals surface area contributed by atoms with Crippen LogP contribution in [0.3, 0.4) is 0 Å². The molecule has 2 aromatic rings. The van der Waals surface area contributed by atoms with Crippen LogP contribution in [-0.2, 0) is 0 Å². The normalized spacial score (nSPS) is 15.3. The van der Waals surface area contributed by atoms with E-state index < -0.39 is 0 Å². The van der Waals surface area contributed by atoms with Crippen molar-refractivity contribution >= 4 is 51.9 Å². The smallest absolute Gasteiger partial charge is 0.123 e. The molecular formula is C21H25Cl3N4. The third kappa shape index (κ3) is 5.84. The first kappa shape index (κ1) is 21.4. The summed E-state index contributed by atoms with van der Waals surface area (Å²) < 4.78 is 0. The highest BCUT2D eigenvalue weighted by Crippen LogP contribution is 2.37. The number of likely N-dealkylation sites (tertiary alicyclic amines) is 1. The average molecular weight is 440 g/mol. The summed E-state index contributed by atoms with van der Waals surface area (Å²) in [6.45, 7) is 7.77. The topological polar surface area (TPSA) is 31.2 Å². The number of rotatable bonds is 7. The highest BCUT2D eigenvalue weighted by molar-refractivity contribution is 6.41. The van der Waals surface area contributed by atoms with E-state index in [9.17, 15) is 0 Å². The van der Waals surface area contributed by atoms with Gasteiger partial charge >= 0.3 is 0 Å². The molecule has 1 saturated heterocycles. The van der Waals surface area contributed by atoms with Crippen molar-refractivity contribution in [3.8, 4) is 0 Å². The van der Waals surface area contributed by atoms with Crippen LogP contribution >= 0.6 is 34.8 Å². The van der Waals surface area contributed by atoms with Gasteiger partial charge in [0.2, 0.25) is 0 Å². The highest BCUT2D eigenvalue weighted by atomic mass is 35.5. The van der Waals surface area contributed by atoms with Crippen LogP contribution in [0.4, 0.5) is 17.1 Å². The van der Waals surface area contributed by atoms with E-state index in [0.717, 1.165) is 25.3 Å². The van der Waals surface area contributed by atoms with Gasteiger partial charge in [0.15, 0.2) is 0 Å². The van der Waals surface area contributed by atoms with Gasteiger partial charge in [-0.2, -0.15) is 5.11 Å². The lowest BCUT2D eigenvalue weighted by Crippen LogP contribution is -2.37.